The van der Waals surface area contributed by atoms with Gasteiger partial charge in [-0.2, -0.15) is 0 Å². The minimum atomic E-state index is -0.257. The molecule has 0 aromatic heterocycles. The van der Waals surface area contributed by atoms with E-state index in [0.29, 0.717) is 0 Å². The second-order valence-corrected chi connectivity index (χ2v) is 18.4. The first-order valence-electron chi connectivity index (χ1n) is 22.1. The molecular weight excluding hydrogens is 735 g/mol. The van der Waals surface area contributed by atoms with Gasteiger partial charge in [0, 0.05) is 10.8 Å². The Morgan fingerprint density at radius 3 is 1.39 bits per heavy atom. The summed E-state index contributed by atoms with van der Waals surface area (Å²) in [6.45, 7) is 9.77. The second-order valence-electron chi connectivity index (χ2n) is 18.4. The molecule has 0 unspecified atom stereocenters. The lowest BCUT2D eigenvalue weighted by atomic mass is 9.65. The molecule has 296 valence electrons. The third-order valence-corrected chi connectivity index (χ3v) is 14.0. The van der Waals surface area contributed by atoms with E-state index in [1.54, 1.807) is 0 Å². The fourth-order valence-corrected chi connectivity index (χ4v) is 10.4. The number of allylic oxidation sites excluding steroid dienone is 8. The van der Waals surface area contributed by atoms with Gasteiger partial charge in [0.1, 0.15) is 0 Å². The zero-order valence-electron chi connectivity index (χ0n) is 35.7. The Hall–Kier alpha value is -6.70. The van der Waals surface area contributed by atoms with E-state index in [9.17, 15) is 0 Å². The molecule has 7 aromatic rings. The Kier molecular flexibility index (Phi) is 8.86. The molecule has 0 saturated heterocycles. The first-order valence-corrected chi connectivity index (χ1v) is 22.1. The van der Waals surface area contributed by atoms with Gasteiger partial charge in [0.2, 0.25) is 0 Å². The van der Waals surface area contributed by atoms with Crippen LogP contribution in [0.25, 0.3) is 50.1 Å². The second kappa shape index (κ2) is 14.5. The molecule has 4 aliphatic rings. The molecule has 2 aliphatic heterocycles. The first-order chi connectivity index (χ1) is 29.7. The van der Waals surface area contributed by atoms with E-state index in [2.05, 4.69) is 221 Å². The zero-order valence-corrected chi connectivity index (χ0v) is 35.7. The molecule has 0 N–H and O–H groups in total. The Bertz CT molecular complexity index is 2970. The van der Waals surface area contributed by atoms with Crippen LogP contribution in [-0.2, 0) is 10.8 Å². The monoisotopic (exact) mass is 785 g/mol. The lowest BCUT2D eigenvalue weighted by Gasteiger charge is -2.50. The van der Waals surface area contributed by atoms with Gasteiger partial charge in [-0.3, -0.25) is 0 Å². The normalized spacial score (nSPS) is 16.7. The zero-order chi connectivity index (χ0) is 41.3. The SMILES string of the molecule is CC1(C)c2cc(C3=CC=C(c4ccccc4)CC3)ccc2N2c3ccc(-c4ccc(C5=CCCC=C5)cc4)cc3C(C)(C)c3cc(-c4ccc(-c5ccccc5)cc4)cc1c32. The van der Waals surface area contributed by atoms with Crippen LogP contribution in [0.3, 0.4) is 0 Å². The summed E-state index contributed by atoms with van der Waals surface area (Å²) in [5.74, 6) is 0. The largest absolute Gasteiger partial charge is 0.309 e. The van der Waals surface area contributed by atoms with Gasteiger partial charge in [-0.1, -0.05) is 179 Å². The maximum Gasteiger partial charge on any atom is 0.0544 e. The van der Waals surface area contributed by atoms with Crippen molar-refractivity contribution < 1.29 is 0 Å². The molecule has 61 heavy (non-hydrogen) atoms. The maximum absolute atomic E-state index is 2.61. The van der Waals surface area contributed by atoms with E-state index in [0.717, 1.165) is 25.7 Å². The highest BCUT2D eigenvalue weighted by atomic mass is 15.2. The Labute approximate surface area is 361 Å². The molecule has 1 nitrogen and oxygen atoms in total. The molecular formula is C60H51N. The third kappa shape index (κ3) is 6.29. The predicted molar refractivity (Wildman–Crippen MR) is 260 cm³/mol. The maximum atomic E-state index is 2.61. The number of hydrogen-bond donors (Lipinski definition) is 0. The van der Waals surface area contributed by atoms with Crippen molar-refractivity contribution in [1.82, 2.24) is 0 Å². The average molecular weight is 786 g/mol. The Balaban J connectivity index is 1.06. The van der Waals surface area contributed by atoms with Crippen molar-refractivity contribution in [3.8, 4) is 33.4 Å². The molecule has 1 heteroatoms. The van der Waals surface area contributed by atoms with Gasteiger partial charge in [-0.25, -0.2) is 0 Å². The highest BCUT2D eigenvalue weighted by Crippen LogP contribution is 2.61. The molecule has 0 amide bonds. The summed E-state index contributed by atoms with van der Waals surface area (Å²) in [5.41, 5.74) is 24.4. The summed E-state index contributed by atoms with van der Waals surface area (Å²) < 4.78 is 0. The van der Waals surface area contributed by atoms with Crippen molar-refractivity contribution in [2.75, 3.05) is 4.90 Å². The van der Waals surface area contributed by atoms with E-state index < -0.39 is 0 Å². The molecule has 2 aliphatic carbocycles. The van der Waals surface area contributed by atoms with Crippen LogP contribution in [0.5, 0.6) is 0 Å². The topological polar surface area (TPSA) is 3.24 Å². The van der Waals surface area contributed by atoms with Gasteiger partial charge < -0.3 is 4.90 Å². The van der Waals surface area contributed by atoms with Gasteiger partial charge in [0.25, 0.3) is 0 Å². The van der Waals surface area contributed by atoms with Crippen molar-refractivity contribution in [3.05, 3.63) is 227 Å². The number of nitrogens with zero attached hydrogens (tertiary/aromatic N) is 1. The molecule has 0 fully saturated rings. The van der Waals surface area contributed by atoms with Crippen LogP contribution in [0.1, 0.15) is 92.3 Å². The van der Waals surface area contributed by atoms with Crippen molar-refractivity contribution in [3.63, 3.8) is 0 Å². The fraction of sp³-hybridized carbons (Fsp3) is 0.167. The van der Waals surface area contributed by atoms with Crippen LogP contribution in [0.2, 0.25) is 0 Å². The van der Waals surface area contributed by atoms with Gasteiger partial charge in [-0.05, 0) is 151 Å². The number of benzene rings is 7. The van der Waals surface area contributed by atoms with Crippen LogP contribution in [-0.4, -0.2) is 0 Å². The van der Waals surface area contributed by atoms with Crippen LogP contribution >= 0.6 is 0 Å². The molecule has 0 spiro atoms. The number of rotatable bonds is 6. The van der Waals surface area contributed by atoms with Crippen LogP contribution in [0.4, 0.5) is 17.1 Å². The van der Waals surface area contributed by atoms with Gasteiger partial charge in [0.15, 0.2) is 0 Å². The summed E-state index contributed by atoms with van der Waals surface area (Å²) in [4.78, 5) is 2.61. The molecule has 0 saturated carbocycles. The van der Waals surface area contributed by atoms with Crippen molar-refractivity contribution in [2.24, 2.45) is 0 Å². The minimum Gasteiger partial charge on any atom is -0.309 e. The number of anilines is 3. The number of hydrogen-bond acceptors (Lipinski definition) is 1. The van der Waals surface area contributed by atoms with Crippen LogP contribution in [0.15, 0.2) is 188 Å². The summed E-state index contributed by atoms with van der Waals surface area (Å²) in [6.07, 6.45) is 15.9. The highest BCUT2D eigenvalue weighted by molar-refractivity contribution is 5.96. The van der Waals surface area contributed by atoms with E-state index in [4.69, 9.17) is 0 Å². The highest BCUT2D eigenvalue weighted by Gasteiger charge is 2.46. The third-order valence-electron chi connectivity index (χ3n) is 14.0. The molecule has 0 radical (unpaired) electrons. The quantitative estimate of drug-likeness (QED) is 0.162. The predicted octanol–water partition coefficient (Wildman–Crippen LogP) is 16.4. The van der Waals surface area contributed by atoms with Crippen LogP contribution < -0.4 is 4.90 Å². The van der Waals surface area contributed by atoms with E-state index in [1.165, 1.54) is 106 Å². The van der Waals surface area contributed by atoms with Gasteiger partial charge in [0.05, 0.1) is 17.1 Å². The molecule has 11 rings (SSSR count). The van der Waals surface area contributed by atoms with Crippen molar-refractivity contribution in [1.29, 1.82) is 0 Å². The van der Waals surface area contributed by atoms with Crippen molar-refractivity contribution in [2.45, 2.75) is 64.2 Å². The van der Waals surface area contributed by atoms with Crippen LogP contribution in [0, 0.1) is 0 Å². The minimum absolute atomic E-state index is 0.246. The standard InChI is InChI=1S/C60H51N/c1-59(2)52-36-49(46-26-20-43(21-27-46)40-14-8-5-9-15-40)32-34-56(52)61-57-35-33-50(47-28-22-44(23-29-47)41-16-10-6-11-17-41)37-53(57)60(3,4)55-39-51(38-54(59)58(55)61)48-30-24-45(25-31-48)42-18-12-7-13-19-42/h5,7-10,12-20,22-26,28-39H,6,11,21,27H2,1-4H3. The average Bonchev–Trinajstić information content (AvgIpc) is 3.32. The number of fused-ring (bicyclic) bond motifs is 4. The Morgan fingerprint density at radius 1 is 0.393 bits per heavy atom. The lowest BCUT2D eigenvalue weighted by molar-refractivity contribution is 0.597. The van der Waals surface area contributed by atoms with E-state index in [1.807, 2.05) is 0 Å². The van der Waals surface area contributed by atoms with E-state index in [-0.39, 0.29) is 10.8 Å². The van der Waals surface area contributed by atoms with E-state index >= 15 is 0 Å². The summed E-state index contributed by atoms with van der Waals surface area (Å²) in [5, 5.41) is 0. The summed E-state index contributed by atoms with van der Waals surface area (Å²) >= 11 is 0. The molecule has 7 aromatic carbocycles. The fourth-order valence-electron chi connectivity index (χ4n) is 10.4. The van der Waals surface area contributed by atoms with Gasteiger partial charge >= 0.3 is 0 Å². The Morgan fingerprint density at radius 2 is 0.836 bits per heavy atom. The lowest BCUT2D eigenvalue weighted by Crippen LogP contribution is -2.38. The first kappa shape index (κ1) is 37.3. The molecule has 0 atom stereocenters. The summed E-state index contributed by atoms with van der Waals surface area (Å²) in [7, 11) is 0. The summed E-state index contributed by atoms with van der Waals surface area (Å²) in [6, 6.07) is 59.4. The smallest absolute Gasteiger partial charge is 0.0544 e. The van der Waals surface area contributed by atoms with Gasteiger partial charge in [-0.15, -0.1) is 0 Å². The molecule has 0 bridgehead atoms. The van der Waals surface area contributed by atoms with Crippen molar-refractivity contribution >= 4 is 33.8 Å². The molecule has 2 heterocycles.